The van der Waals surface area contributed by atoms with Crippen LogP contribution in [-0.4, -0.2) is 0 Å². The van der Waals surface area contributed by atoms with Crippen LogP contribution in [0.1, 0.15) is 17.8 Å². The first-order valence-corrected chi connectivity index (χ1v) is 6.23. The van der Waals surface area contributed by atoms with Crippen molar-refractivity contribution in [2.24, 2.45) is 0 Å². The van der Waals surface area contributed by atoms with Crippen LogP contribution in [0.5, 0.6) is 0 Å². The maximum absolute atomic E-state index is 13.4. The van der Waals surface area contributed by atoms with Gasteiger partial charge in [0.1, 0.15) is 0 Å². The van der Waals surface area contributed by atoms with E-state index in [0.717, 1.165) is 10.9 Å². The van der Waals surface area contributed by atoms with Crippen molar-refractivity contribution >= 4 is 28.6 Å². The van der Waals surface area contributed by atoms with Gasteiger partial charge < -0.3 is 5.32 Å². The van der Waals surface area contributed by atoms with Gasteiger partial charge in [-0.25, -0.2) is 8.78 Å². The van der Waals surface area contributed by atoms with Crippen molar-refractivity contribution in [1.29, 1.82) is 0 Å². The van der Waals surface area contributed by atoms with Crippen LogP contribution in [0.2, 0.25) is 4.34 Å². The highest BCUT2D eigenvalue weighted by Gasteiger charge is 2.12. The van der Waals surface area contributed by atoms with E-state index in [9.17, 15) is 8.78 Å². The van der Waals surface area contributed by atoms with Crippen molar-refractivity contribution in [2.75, 3.05) is 5.32 Å². The summed E-state index contributed by atoms with van der Waals surface area (Å²) in [6.45, 7) is 1.87. The molecule has 5 heteroatoms. The molecular weight excluding hydrogens is 264 g/mol. The summed E-state index contributed by atoms with van der Waals surface area (Å²) in [6, 6.07) is 7.58. The van der Waals surface area contributed by atoms with Crippen LogP contribution < -0.4 is 5.32 Å². The first kappa shape index (κ1) is 12.3. The Labute approximate surface area is 107 Å². The lowest BCUT2D eigenvalue weighted by Crippen LogP contribution is -2.07. The number of thiophene rings is 1. The molecule has 0 saturated carbocycles. The summed E-state index contributed by atoms with van der Waals surface area (Å²) in [5, 5.41) is 2.92. The monoisotopic (exact) mass is 273 g/mol. The van der Waals surface area contributed by atoms with Gasteiger partial charge in [-0.3, -0.25) is 0 Å². The molecule has 0 fully saturated rings. The topological polar surface area (TPSA) is 12.0 Å². The minimum Gasteiger partial charge on any atom is -0.375 e. The molecule has 0 radical (unpaired) electrons. The number of hydrogen-bond donors (Lipinski definition) is 1. The second kappa shape index (κ2) is 5.02. The normalized spacial score (nSPS) is 12.5. The first-order chi connectivity index (χ1) is 8.08. The zero-order valence-corrected chi connectivity index (χ0v) is 10.6. The van der Waals surface area contributed by atoms with Gasteiger partial charge in [0.2, 0.25) is 0 Å². The molecule has 17 heavy (non-hydrogen) atoms. The highest BCUT2D eigenvalue weighted by atomic mass is 35.5. The molecule has 90 valence electrons. The maximum Gasteiger partial charge on any atom is 0.181 e. The molecule has 1 nitrogen and oxygen atoms in total. The second-order valence-corrected chi connectivity index (χ2v) is 5.36. The lowest BCUT2D eigenvalue weighted by molar-refractivity contribution is 0.510. The Balaban J connectivity index is 2.18. The van der Waals surface area contributed by atoms with Crippen molar-refractivity contribution < 1.29 is 8.78 Å². The van der Waals surface area contributed by atoms with Crippen molar-refractivity contribution in [3.05, 3.63) is 51.2 Å². The molecule has 0 amide bonds. The Hall–Kier alpha value is -1.13. The van der Waals surface area contributed by atoms with Crippen LogP contribution in [0, 0.1) is 11.6 Å². The van der Waals surface area contributed by atoms with E-state index < -0.39 is 11.6 Å². The van der Waals surface area contributed by atoms with Gasteiger partial charge in [-0.15, -0.1) is 11.3 Å². The van der Waals surface area contributed by atoms with Crippen molar-refractivity contribution in [3.63, 3.8) is 0 Å². The molecule has 1 aromatic carbocycles. The molecule has 1 unspecified atom stereocenters. The van der Waals surface area contributed by atoms with E-state index in [1.807, 2.05) is 13.0 Å². The van der Waals surface area contributed by atoms with Gasteiger partial charge in [-0.1, -0.05) is 17.7 Å². The van der Waals surface area contributed by atoms with E-state index in [0.29, 0.717) is 4.34 Å². The van der Waals surface area contributed by atoms with Gasteiger partial charge >= 0.3 is 0 Å². The van der Waals surface area contributed by atoms with Gasteiger partial charge in [0.05, 0.1) is 16.1 Å². The average molecular weight is 274 g/mol. The Bertz CT molecular complexity index is 527. The summed E-state index contributed by atoms with van der Waals surface area (Å²) >= 11 is 7.23. The zero-order chi connectivity index (χ0) is 12.4. The van der Waals surface area contributed by atoms with Gasteiger partial charge in [0, 0.05) is 4.88 Å². The molecule has 0 aliphatic carbocycles. The Morgan fingerprint density at radius 2 is 2.00 bits per heavy atom. The fourth-order valence-corrected chi connectivity index (χ4v) is 2.54. The summed E-state index contributed by atoms with van der Waals surface area (Å²) < 4.78 is 27.1. The molecule has 1 aromatic heterocycles. The molecule has 2 rings (SSSR count). The number of anilines is 1. The van der Waals surface area contributed by atoms with Crippen LogP contribution in [0.25, 0.3) is 0 Å². The van der Waals surface area contributed by atoms with E-state index in [1.54, 1.807) is 6.07 Å². The van der Waals surface area contributed by atoms with Gasteiger partial charge in [-0.2, -0.15) is 0 Å². The highest BCUT2D eigenvalue weighted by Crippen LogP contribution is 2.29. The van der Waals surface area contributed by atoms with Crippen molar-refractivity contribution in [3.8, 4) is 0 Å². The highest BCUT2D eigenvalue weighted by molar-refractivity contribution is 7.16. The predicted molar refractivity (Wildman–Crippen MR) is 67.7 cm³/mol. The third kappa shape index (κ3) is 2.76. The summed E-state index contributed by atoms with van der Waals surface area (Å²) in [6.07, 6.45) is 0. The molecule has 2 aromatic rings. The standard InChI is InChI=1S/C12H10ClF2NS/c1-7(10-5-6-11(13)17-10)16-9-4-2-3-8(14)12(9)15/h2-7,16H,1H3. The van der Waals surface area contributed by atoms with Crippen LogP contribution in [0.3, 0.4) is 0 Å². The summed E-state index contributed by atoms with van der Waals surface area (Å²) in [5.41, 5.74) is 0.155. The second-order valence-electron chi connectivity index (χ2n) is 3.61. The average Bonchev–Trinajstić information content (AvgIpc) is 2.72. The number of benzene rings is 1. The predicted octanol–water partition coefficient (Wildman–Crippen LogP) is 4.85. The van der Waals surface area contributed by atoms with Gasteiger partial charge in [0.15, 0.2) is 11.6 Å². The molecule has 0 bridgehead atoms. The SMILES string of the molecule is CC(Nc1cccc(F)c1F)c1ccc(Cl)s1. The van der Waals surface area contributed by atoms with Crippen LogP contribution in [0.15, 0.2) is 30.3 Å². The number of nitrogens with one attached hydrogen (secondary N) is 1. The molecule has 1 atom stereocenters. The summed E-state index contributed by atoms with van der Waals surface area (Å²) in [4.78, 5) is 0.971. The molecule has 1 N–H and O–H groups in total. The Kier molecular flexibility index (Phi) is 3.64. The molecular formula is C12H10ClF2NS. The molecule has 1 heterocycles. The Morgan fingerprint density at radius 1 is 1.24 bits per heavy atom. The smallest absolute Gasteiger partial charge is 0.181 e. The fraction of sp³-hybridized carbons (Fsp3) is 0.167. The van der Waals surface area contributed by atoms with Crippen molar-refractivity contribution in [2.45, 2.75) is 13.0 Å². The maximum atomic E-state index is 13.4. The summed E-state index contributed by atoms with van der Waals surface area (Å²) in [5.74, 6) is -1.71. The van der Waals surface area contributed by atoms with Crippen LogP contribution in [-0.2, 0) is 0 Å². The molecule has 0 spiro atoms. The minimum absolute atomic E-state index is 0.121. The van der Waals surface area contributed by atoms with E-state index >= 15 is 0 Å². The van der Waals surface area contributed by atoms with Crippen LogP contribution in [0.4, 0.5) is 14.5 Å². The summed E-state index contributed by atoms with van der Waals surface area (Å²) in [7, 11) is 0. The molecule has 0 aliphatic rings. The van der Waals surface area contributed by atoms with E-state index in [-0.39, 0.29) is 11.7 Å². The third-order valence-electron chi connectivity index (χ3n) is 2.34. The zero-order valence-electron chi connectivity index (χ0n) is 9.01. The van der Waals surface area contributed by atoms with Gasteiger partial charge in [0.25, 0.3) is 0 Å². The number of hydrogen-bond acceptors (Lipinski definition) is 2. The first-order valence-electron chi connectivity index (χ1n) is 5.03. The number of halogens is 3. The fourth-order valence-electron chi connectivity index (χ4n) is 1.48. The Morgan fingerprint density at radius 3 is 2.65 bits per heavy atom. The lowest BCUT2D eigenvalue weighted by atomic mass is 10.2. The molecule has 0 saturated heterocycles. The van der Waals surface area contributed by atoms with Crippen molar-refractivity contribution in [1.82, 2.24) is 0 Å². The third-order valence-corrected chi connectivity index (χ3v) is 3.76. The largest absolute Gasteiger partial charge is 0.375 e. The van der Waals surface area contributed by atoms with E-state index in [2.05, 4.69) is 5.32 Å². The molecule has 0 aliphatic heterocycles. The van der Waals surface area contributed by atoms with Crippen LogP contribution >= 0.6 is 22.9 Å². The lowest BCUT2D eigenvalue weighted by Gasteiger charge is -2.14. The van der Waals surface area contributed by atoms with E-state index in [4.69, 9.17) is 11.6 Å². The van der Waals surface area contributed by atoms with E-state index in [1.165, 1.54) is 23.5 Å². The number of rotatable bonds is 3. The minimum atomic E-state index is -0.859. The quantitative estimate of drug-likeness (QED) is 0.843. The van der Waals surface area contributed by atoms with Gasteiger partial charge in [-0.05, 0) is 31.2 Å².